The summed E-state index contributed by atoms with van der Waals surface area (Å²) in [6.07, 6.45) is 0.646. The molecule has 1 aliphatic rings. The molecule has 0 saturated heterocycles. The van der Waals surface area contributed by atoms with Crippen molar-refractivity contribution in [3.63, 3.8) is 0 Å². The fourth-order valence-electron chi connectivity index (χ4n) is 3.24. The van der Waals surface area contributed by atoms with Crippen molar-refractivity contribution in [3.05, 3.63) is 63.1 Å². The monoisotopic (exact) mass is 479 g/mol. The van der Waals surface area contributed by atoms with Crippen LogP contribution < -0.4 is 5.32 Å². The van der Waals surface area contributed by atoms with Gasteiger partial charge in [0.05, 0.1) is 27.2 Å². The summed E-state index contributed by atoms with van der Waals surface area (Å²) in [7, 11) is 0. The highest BCUT2D eigenvalue weighted by molar-refractivity contribution is 6.53. The lowest BCUT2D eigenvalue weighted by Crippen LogP contribution is -2.19. The number of benzene rings is 2. The molecule has 0 spiro atoms. The van der Waals surface area contributed by atoms with Crippen LogP contribution in [0, 0.1) is 17.6 Å². The second kappa shape index (κ2) is 8.38. The topological polar surface area (TPSA) is 46.2 Å². The average Bonchev–Trinajstić information content (AvgIpc) is 3.22. The van der Waals surface area contributed by atoms with E-state index in [1.165, 1.54) is 24.3 Å². The number of rotatable bonds is 6. The minimum absolute atomic E-state index is 0.0340. The van der Waals surface area contributed by atoms with E-state index < -0.39 is 39.5 Å². The van der Waals surface area contributed by atoms with Crippen molar-refractivity contribution in [1.82, 2.24) is 0 Å². The summed E-state index contributed by atoms with van der Waals surface area (Å²) < 4.78 is 26.7. The van der Waals surface area contributed by atoms with Crippen molar-refractivity contribution < 1.29 is 18.4 Å². The third-order valence-corrected chi connectivity index (χ3v) is 6.29. The second-order valence-electron chi connectivity index (χ2n) is 6.75. The smallest absolute Gasteiger partial charge is 0.231 e. The summed E-state index contributed by atoms with van der Waals surface area (Å²) in [5.74, 6) is -4.20. The van der Waals surface area contributed by atoms with Gasteiger partial charge in [-0.05, 0) is 36.2 Å². The van der Waals surface area contributed by atoms with Crippen LogP contribution in [0.15, 0.2) is 30.3 Å². The van der Waals surface area contributed by atoms with E-state index in [2.05, 4.69) is 5.32 Å². The fraction of sp³-hybridized carbons (Fsp3) is 0.300. The Hall–Kier alpha value is -1.40. The molecule has 0 radical (unpaired) electrons. The van der Waals surface area contributed by atoms with E-state index in [-0.39, 0.29) is 27.7 Å². The van der Waals surface area contributed by atoms with Crippen LogP contribution in [0.2, 0.25) is 10.0 Å². The zero-order chi connectivity index (χ0) is 21.5. The lowest BCUT2D eigenvalue weighted by atomic mass is 10.0. The number of carbonyl (C=O) groups excluding carboxylic acids is 2. The number of ketones is 1. The Morgan fingerprint density at radius 1 is 1.10 bits per heavy atom. The van der Waals surface area contributed by atoms with E-state index in [0.29, 0.717) is 12.0 Å². The van der Waals surface area contributed by atoms with E-state index >= 15 is 0 Å². The minimum atomic E-state index is -1.46. The SMILES string of the molecule is CCCC(=O)c1c(Cl)ccc(NC(=O)[C@H]2[C@H](c3ccc(F)c(Cl)c3)C2(Cl)Cl)c1F. The molecule has 29 heavy (non-hydrogen) atoms. The molecule has 0 bridgehead atoms. The van der Waals surface area contributed by atoms with Crippen LogP contribution in [0.4, 0.5) is 14.5 Å². The third-order valence-electron chi connectivity index (χ3n) is 4.74. The number of nitrogens with one attached hydrogen (secondary N) is 1. The van der Waals surface area contributed by atoms with E-state index in [1.807, 2.05) is 0 Å². The average molecular weight is 481 g/mol. The molecule has 2 aromatic carbocycles. The van der Waals surface area contributed by atoms with Gasteiger partial charge in [0.2, 0.25) is 5.91 Å². The van der Waals surface area contributed by atoms with Crippen molar-refractivity contribution >= 4 is 63.8 Å². The largest absolute Gasteiger partial charge is 0.323 e. The predicted molar refractivity (Wildman–Crippen MR) is 111 cm³/mol. The molecule has 0 aromatic heterocycles. The number of Topliss-reactive ketones (excluding diaryl/α,β-unsaturated/α-hetero) is 1. The van der Waals surface area contributed by atoms with Gasteiger partial charge in [-0.25, -0.2) is 8.78 Å². The first-order valence-corrected chi connectivity index (χ1v) is 10.3. The molecule has 3 nitrogen and oxygen atoms in total. The number of alkyl halides is 2. The summed E-state index contributed by atoms with van der Waals surface area (Å²) in [4.78, 5) is 24.8. The lowest BCUT2D eigenvalue weighted by molar-refractivity contribution is -0.117. The summed E-state index contributed by atoms with van der Waals surface area (Å²) in [5.41, 5.74) is 0.00899. The molecular weight excluding hydrogens is 466 g/mol. The predicted octanol–water partition coefficient (Wildman–Crippen LogP) is 6.78. The number of halogens is 6. The molecule has 2 aromatic rings. The Morgan fingerprint density at radius 3 is 2.41 bits per heavy atom. The van der Waals surface area contributed by atoms with E-state index in [9.17, 15) is 18.4 Å². The zero-order valence-corrected chi connectivity index (χ0v) is 18.1. The van der Waals surface area contributed by atoms with E-state index in [1.54, 1.807) is 6.92 Å². The van der Waals surface area contributed by atoms with Crippen molar-refractivity contribution in [1.29, 1.82) is 0 Å². The first kappa shape index (κ1) is 22.3. The van der Waals surface area contributed by atoms with Crippen LogP contribution in [0.3, 0.4) is 0 Å². The van der Waals surface area contributed by atoms with E-state index in [4.69, 9.17) is 46.4 Å². The maximum Gasteiger partial charge on any atom is 0.231 e. The summed E-state index contributed by atoms with van der Waals surface area (Å²) in [6.45, 7) is 1.78. The van der Waals surface area contributed by atoms with Gasteiger partial charge in [-0.3, -0.25) is 9.59 Å². The van der Waals surface area contributed by atoms with Gasteiger partial charge in [-0.15, -0.1) is 23.2 Å². The Bertz CT molecular complexity index is 997. The van der Waals surface area contributed by atoms with Crippen LogP contribution in [0.5, 0.6) is 0 Å². The molecule has 1 aliphatic carbocycles. The van der Waals surface area contributed by atoms with E-state index in [0.717, 1.165) is 6.07 Å². The molecule has 0 heterocycles. The molecule has 1 saturated carbocycles. The minimum Gasteiger partial charge on any atom is -0.323 e. The second-order valence-corrected chi connectivity index (χ2v) is 9.01. The van der Waals surface area contributed by atoms with Crippen molar-refractivity contribution in [2.24, 2.45) is 5.92 Å². The Morgan fingerprint density at radius 2 is 1.79 bits per heavy atom. The molecule has 1 amide bonds. The lowest BCUT2D eigenvalue weighted by Gasteiger charge is -2.11. The summed E-state index contributed by atoms with van der Waals surface area (Å²) in [6, 6.07) is 6.53. The molecule has 1 N–H and O–H groups in total. The van der Waals surface area contributed by atoms with Crippen LogP contribution >= 0.6 is 46.4 Å². The highest BCUT2D eigenvalue weighted by Crippen LogP contribution is 2.65. The maximum absolute atomic E-state index is 14.8. The number of amides is 1. The third kappa shape index (κ3) is 4.24. The maximum atomic E-state index is 14.8. The quantitative estimate of drug-likeness (QED) is 0.365. The molecule has 0 unspecified atom stereocenters. The van der Waals surface area contributed by atoms with Gasteiger partial charge in [0.25, 0.3) is 0 Å². The Labute approximate surface area is 186 Å². The van der Waals surface area contributed by atoms with Gasteiger partial charge in [0, 0.05) is 12.3 Å². The van der Waals surface area contributed by atoms with Crippen molar-refractivity contribution in [3.8, 4) is 0 Å². The summed E-state index contributed by atoms with van der Waals surface area (Å²) in [5, 5.41) is 2.26. The molecule has 3 rings (SSSR count). The van der Waals surface area contributed by atoms with Crippen molar-refractivity contribution in [2.45, 2.75) is 30.0 Å². The number of hydrogen-bond donors (Lipinski definition) is 1. The first-order chi connectivity index (χ1) is 13.6. The van der Waals surface area contributed by atoms with Gasteiger partial charge >= 0.3 is 0 Å². The molecule has 9 heteroatoms. The van der Waals surface area contributed by atoms with Crippen LogP contribution in [0.25, 0.3) is 0 Å². The van der Waals surface area contributed by atoms with Crippen LogP contribution in [-0.2, 0) is 4.79 Å². The van der Waals surface area contributed by atoms with Gasteiger partial charge in [-0.2, -0.15) is 0 Å². The number of hydrogen-bond acceptors (Lipinski definition) is 2. The molecule has 154 valence electrons. The molecule has 2 atom stereocenters. The van der Waals surface area contributed by atoms with Gasteiger partial charge in [0.15, 0.2) is 11.6 Å². The summed E-state index contributed by atoms with van der Waals surface area (Å²) >= 11 is 24.2. The highest BCUT2D eigenvalue weighted by atomic mass is 35.5. The van der Waals surface area contributed by atoms with Crippen LogP contribution in [-0.4, -0.2) is 16.0 Å². The highest BCUT2D eigenvalue weighted by Gasteiger charge is 2.67. The normalized spacial score (nSPS) is 19.7. The van der Waals surface area contributed by atoms with Gasteiger partial charge < -0.3 is 5.32 Å². The Balaban J connectivity index is 1.84. The number of anilines is 1. The first-order valence-electron chi connectivity index (χ1n) is 8.74. The molecule has 1 fully saturated rings. The van der Waals surface area contributed by atoms with Gasteiger partial charge in [0.1, 0.15) is 10.2 Å². The van der Waals surface area contributed by atoms with Gasteiger partial charge in [-0.1, -0.05) is 36.2 Å². The fourth-order valence-corrected chi connectivity index (χ4v) is 4.51. The Kier molecular flexibility index (Phi) is 6.44. The standard InChI is InChI=1S/C20H15Cl4F2NO2/c1-2-3-14(28)15-10(21)5-7-13(18(15)26)27-19(29)17-16(20(17,23)24)9-4-6-12(25)11(22)8-9/h4-8,16-17H,2-3H2,1H3,(H,27,29)/t16-,17+/m0/s1. The number of carbonyl (C=O) groups is 2. The molecule has 0 aliphatic heterocycles. The zero-order valence-electron chi connectivity index (χ0n) is 15.0. The molecular formula is C20H15Cl4F2NO2. The van der Waals surface area contributed by atoms with Crippen molar-refractivity contribution in [2.75, 3.05) is 5.32 Å². The van der Waals surface area contributed by atoms with Crippen LogP contribution in [0.1, 0.15) is 41.6 Å².